The molecule has 1 fully saturated rings. The average molecular weight is 322 g/mol. The number of carbonyl (C=O) groups is 2. The number of likely N-dealkylation sites (tertiary alicyclic amines) is 1. The van der Waals surface area contributed by atoms with E-state index in [-0.39, 0.29) is 18.5 Å². The van der Waals surface area contributed by atoms with Gasteiger partial charge in [0.15, 0.2) is 0 Å². The first-order valence-electron chi connectivity index (χ1n) is 7.45. The van der Waals surface area contributed by atoms with Crippen LogP contribution in [0.4, 0.5) is 10.5 Å². The molecule has 23 heavy (non-hydrogen) atoms. The molecule has 0 radical (unpaired) electrons. The molecule has 2 unspecified atom stereocenters. The lowest BCUT2D eigenvalue weighted by Crippen LogP contribution is -2.47. The van der Waals surface area contributed by atoms with Crippen molar-refractivity contribution in [2.45, 2.75) is 13.3 Å². The molecule has 7 heteroatoms. The summed E-state index contributed by atoms with van der Waals surface area (Å²) in [5.74, 6) is -0.150. The van der Waals surface area contributed by atoms with Gasteiger partial charge in [0.1, 0.15) is 11.5 Å². The van der Waals surface area contributed by atoms with Crippen molar-refractivity contribution in [2.75, 3.05) is 32.6 Å². The molecule has 1 aromatic carbocycles. The second-order valence-corrected chi connectivity index (χ2v) is 5.78. The lowest BCUT2D eigenvalue weighted by molar-refractivity contribution is -0.143. The van der Waals surface area contributed by atoms with Gasteiger partial charge in [0, 0.05) is 19.2 Å². The first-order chi connectivity index (χ1) is 10.9. The minimum absolute atomic E-state index is 0.141. The zero-order chi connectivity index (χ0) is 17.0. The monoisotopic (exact) mass is 322 g/mol. The second-order valence-electron chi connectivity index (χ2n) is 5.78. The maximum atomic E-state index is 12.5. The van der Waals surface area contributed by atoms with Gasteiger partial charge >= 0.3 is 12.0 Å². The van der Waals surface area contributed by atoms with Gasteiger partial charge in [0.05, 0.1) is 25.8 Å². The minimum Gasteiger partial charge on any atom is -0.497 e. The van der Waals surface area contributed by atoms with E-state index < -0.39 is 11.9 Å². The number of nitrogens with one attached hydrogen (secondary N) is 1. The Morgan fingerprint density at radius 3 is 2.61 bits per heavy atom. The summed E-state index contributed by atoms with van der Waals surface area (Å²) >= 11 is 0. The smallest absolute Gasteiger partial charge is 0.321 e. The molecule has 0 spiro atoms. The van der Waals surface area contributed by atoms with Crippen molar-refractivity contribution in [3.8, 4) is 11.5 Å². The van der Waals surface area contributed by atoms with Gasteiger partial charge < -0.3 is 24.8 Å². The highest BCUT2D eigenvalue weighted by molar-refractivity contribution is 5.91. The standard InChI is InChI=1S/C16H22N2O5/c1-10-6-11(15(19)20)9-18(8-10)16(21)17-13-7-12(22-2)4-5-14(13)23-3/h4-5,7,10-11H,6,8-9H2,1-3H3,(H,17,21)(H,19,20). The zero-order valence-electron chi connectivity index (χ0n) is 13.5. The molecule has 1 heterocycles. The SMILES string of the molecule is COc1ccc(OC)c(NC(=O)N2CC(C)CC(C(=O)O)C2)c1. The third-order valence-electron chi connectivity index (χ3n) is 3.94. The van der Waals surface area contributed by atoms with Crippen LogP contribution >= 0.6 is 0 Å². The number of piperidine rings is 1. The first kappa shape index (κ1) is 16.9. The van der Waals surface area contributed by atoms with Crippen molar-refractivity contribution in [3.05, 3.63) is 18.2 Å². The number of ether oxygens (including phenoxy) is 2. The van der Waals surface area contributed by atoms with E-state index in [0.29, 0.717) is 30.2 Å². The first-order valence-corrected chi connectivity index (χ1v) is 7.45. The predicted octanol–water partition coefficient (Wildman–Crippen LogP) is 2.28. The molecule has 0 bridgehead atoms. The van der Waals surface area contributed by atoms with Gasteiger partial charge in [-0.3, -0.25) is 4.79 Å². The maximum absolute atomic E-state index is 12.5. The predicted molar refractivity (Wildman–Crippen MR) is 85.0 cm³/mol. The summed E-state index contributed by atoms with van der Waals surface area (Å²) in [6.45, 7) is 2.68. The van der Waals surface area contributed by atoms with Gasteiger partial charge in [-0.1, -0.05) is 6.92 Å². The number of urea groups is 1. The topological polar surface area (TPSA) is 88.1 Å². The Morgan fingerprint density at radius 2 is 2.00 bits per heavy atom. The fourth-order valence-electron chi connectivity index (χ4n) is 2.80. The van der Waals surface area contributed by atoms with Crippen molar-refractivity contribution < 1.29 is 24.2 Å². The summed E-state index contributed by atoms with van der Waals surface area (Å²) < 4.78 is 10.4. The molecule has 1 aliphatic rings. The van der Waals surface area contributed by atoms with Crippen LogP contribution in [-0.2, 0) is 4.79 Å². The largest absolute Gasteiger partial charge is 0.497 e. The van der Waals surface area contributed by atoms with Crippen LogP contribution in [0.15, 0.2) is 18.2 Å². The van der Waals surface area contributed by atoms with Gasteiger partial charge in [0.2, 0.25) is 0 Å². The highest BCUT2D eigenvalue weighted by Gasteiger charge is 2.32. The quantitative estimate of drug-likeness (QED) is 0.888. The van der Waals surface area contributed by atoms with Gasteiger partial charge in [-0.05, 0) is 24.5 Å². The number of methoxy groups -OCH3 is 2. The van der Waals surface area contributed by atoms with Crippen LogP contribution in [0.2, 0.25) is 0 Å². The fraction of sp³-hybridized carbons (Fsp3) is 0.500. The van der Waals surface area contributed by atoms with E-state index in [2.05, 4.69) is 5.32 Å². The van der Waals surface area contributed by atoms with Crippen LogP contribution < -0.4 is 14.8 Å². The van der Waals surface area contributed by atoms with E-state index in [1.165, 1.54) is 19.1 Å². The Kier molecular flexibility index (Phi) is 5.31. The zero-order valence-corrected chi connectivity index (χ0v) is 13.5. The van der Waals surface area contributed by atoms with E-state index in [4.69, 9.17) is 9.47 Å². The summed E-state index contributed by atoms with van der Waals surface area (Å²) in [7, 11) is 3.05. The molecule has 1 aromatic rings. The second kappa shape index (κ2) is 7.21. The Morgan fingerprint density at radius 1 is 1.26 bits per heavy atom. The molecule has 1 aliphatic heterocycles. The number of anilines is 1. The third-order valence-corrected chi connectivity index (χ3v) is 3.94. The summed E-state index contributed by atoms with van der Waals surface area (Å²) in [6, 6.07) is 4.76. The van der Waals surface area contributed by atoms with Gasteiger partial charge in [0.25, 0.3) is 0 Å². The van der Waals surface area contributed by atoms with Gasteiger partial charge in [-0.15, -0.1) is 0 Å². The van der Waals surface area contributed by atoms with E-state index >= 15 is 0 Å². The van der Waals surface area contributed by atoms with E-state index in [1.54, 1.807) is 18.2 Å². The van der Waals surface area contributed by atoms with Gasteiger partial charge in [-0.25, -0.2) is 4.79 Å². The van der Waals surface area contributed by atoms with Crippen molar-refractivity contribution in [3.63, 3.8) is 0 Å². The summed E-state index contributed by atoms with van der Waals surface area (Å²) in [5, 5.41) is 12.0. The number of nitrogens with zero attached hydrogens (tertiary/aromatic N) is 1. The van der Waals surface area contributed by atoms with Crippen LogP contribution in [0.1, 0.15) is 13.3 Å². The molecule has 126 valence electrons. The lowest BCUT2D eigenvalue weighted by Gasteiger charge is -2.34. The minimum atomic E-state index is -0.867. The highest BCUT2D eigenvalue weighted by atomic mass is 16.5. The van der Waals surface area contributed by atoms with Crippen molar-refractivity contribution in [1.82, 2.24) is 4.90 Å². The van der Waals surface area contributed by atoms with Crippen LogP contribution in [0.5, 0.6) is 11.5 Å². The number of amides is 2. The number of benzene rings is 1. The number of aliphatic carboxylic acids is 1. The summed E-state index contributed by atoms with van der Waals surface area (Å²) in [5.41, 5.74) is 0.488. The number of carbonyl (C=O) groups excluding carboxylic acids is 1. The molecule has 7 nitrogen and oxygen atoms in total. The molecule has 0 aliphatic carbocycles. The molecule has 2 N–H and O–H groups in total. The number of hydrogen-bond acceptors (Lipinski definition) is 4. The normalized spacial score (nSPS) is 20.7. The van der Waals surface area contributed by atoms with Crippen LogP contribution in [0, 0.1) is 11.8 Å². The third kappa shape index (κ3) is 4.06. The highest BCUT2D eigenvalue weighted by Crippen LogP contribution is 2.30. The molecule has 2 amide bonds. The Hall–Kier alpha value is -2.44. The number of hydrogen-bond donors (Lipinski definition) is 2. The molecular weight excluding hydrogens is 300 g/mol. The average Bonchev–Trinajstić information content (AvgIpc) is 2.54. The fourth-order valence-corrected chi connectivity index (χ4v) is 2.80. The maximum Gasteiger partial charge on any atom is 0.321 e. The molecule has 0 saturated carbocycles. The van der Waals surface area contributed by atoms with Crippen molar-refractivity contribution in [1.29, 1.82) is 0 Å². The van der Waals surface area contributed by atoms with Crippen LogP contribution in [-0.4, -0.2) is 49.3 Å². The van der Waals surface area contributed by atoms with Crippen molar-refractivity contribution in [2.24, 2.45) is 11.8 Å². The van der Waals surface area contributed by atoms with E-state index in [1.807, 2.05) is 6.92 Å². The van der Waals surface area contributed by atoms with Crippen LogP contribution in [0.25, 0.3) is 0 Å². The van der Waals surface area contributed by atoms with Crippen LogP contribution in [0.3, 0.4) is 0 Å². The summed E-state index contributed by atoms with van der Waals surface area (Å²) in [6.07, 6.45) is 0.585. The molecular formula is C16H22N2O5. The van der Waals surface area contributed by atoms with E-state index in [9.17, 15) is 14.7 Å². The number of rotatable bonds is 4. The van der Waals surface area contributed by atoms with E-state index in [0.717, 1.165) is 0 Å². The molecule has 2 rings (SSSR count). The summed E-state index contributed by atoms with van der Waals surface area (Å²) in [4.78, 5) is 25.2. The van der Waals surface area contributed by atoms with Crippen molar-refractivity contribution >= 4 is 17.7 Å². The van der Waals surface area contributed by atoms with Gasteiger partial charge in [-0.2, -0.15) is 0 Å². The number of carboxylic acids is 1. The Labute approximate surface area is 135 Å². The molecule has 1 saturated heterocycles. The molecule has 0 aromatic heterocycles. The number of carboxylic acid groups (broad SMARTS) is 1. The Bertz CT molecular complexity index is 590. The Balaban J connectivity index is 2.13. The molecule has 2 atom stereocenters. The lowest BCUT2D eigenvalue weighted by atomic mass is 9.91.